The first-order chi connectivity index (χ1) is 9.63. The Morgan fingerprint density at radius 2 is 1.75 bits per heavy atom. The van der Waals surface area contributed by atoms with E-state index in [0.29, 0.717) is 17.0 Å². The van der Waals surface area contributed by atoms with Crippen molar-refractivity contribution in [1.82, 2.24) is 0 Å². The first-order valence-electron chi connectivity index (χ1n) is 6.04. The highest BCUT2D eigenvalue weighted by Crippen LogP contribution is 2.23. The molecule has 2 rings (SSSR count). The molecular weight excluding hydrogens is 264 g/mol. The number of hydrogen-bond acceptors (Lipinski definition) is 3. The second-order valence-electron chi connectivity index (χ2n) is 4.16. The third-order valence-electron chi connectivity index (χ3n) is 2.89. The minimum Gasteiger partial charge on any atom is -0.497 e. The number of hydrogen-bond donors (Lipinski definition) is 1. The van der Waals surface area contributed by atoms with Gasteiger partial charge in [-0.3, -0.25) is 0 Å². The van der Waals surface area contributed by atoms with E-state index in [9.17, 15) is 8.78 Å². The van der Waals surface area contributed by atoms with Gasteiger partial charge in [0.25, 0.3) is 0 Å². The van der Waals surface area contributed by atoms with Gasteiger partial charge in [0.05, 0.1) is 14.2 Å². The molecule has 0 fully saturated rings. The second kappa shape index (κ2) is 6.23. The summed E-state index contributed by atoms with van der Waals surface area (Å²) >= 11 is 0. The highest BCUT2D eigenvalue weighted by Gasteiger charge is 2.06. The Balaban J connectivity index is 2.08. The Kier molecular flexibility index (Phi) is 4.40. The Hall–Kier alpha value is -2.30. The van der Waals surface area contributed by atoms with E-state index in [2.05, 4.69) is 5.32 Å². The predicted molar refractivity (Wildman–Crippen MR) is 73.2 cm³/mol. The Bertz CT molecular complexity index is 602. The minimum atomic E-state index is -0.436. The van der Waals surface area contributed by atoms with Crippen LogP contribution in [0.1, 0.15) is 5.56 Å². The molecule has 0 bridgehead atoms. The van der Waals surface area contributed by atoms with Gasteiger partial charge in [-0.05, 0) is 18.2 Å². The van der Waals surface area contributed by atoms with Gasteiger partial charge in [-0.2, -0.15) is 0 Å². The molecule has 0 spiro atoms. The molecule has 0 amide bonds. The predicted octanol–water partition coefficient (Wildman–Crippen LogP) is 3.59. The largest absolute Gasteiger partial charge is 0.497 e. The molecule has 0 saturated heterocycles. The maximum absolute atomic E-state index is 13.7. The molecule has 2 aromatic rings. The number of anilines is 1. The van der Waals surface area contributed by atoms with E-state index in [0.717, 1.165) is 0 Å². The van der Waals surface area contributed by atoms with Crippen molar-refractivity contribution in [3.8, 4) is 11.5 Å². The van der Waals surface area contributed by atoms with E-state index in [4.69, 9.17) is 9.47 Å². The molecule has 0 aliphatic heterocycles. The van der Waals surface area contributed by atoms with Gasteiger partial charge in [0.15, 0.2) is 11.6 Å². The maximum Gasteiger partial charge on any atom is 0.165 e. The van der Waals surface area contributed by atoms with Crippen LogP contribution in [-0.4, -0.2) is 14.2 Å². The van der Waals surface area contributed by atoms with Crippen LogP contribution in [0, 0.1) is 11.6 Å². The molecule has 1 N–H and O–H groups in total. The average molecular weight is 279 g/mol. The Morgan fingerprint density at radius 1 is 0.950 bits per heavy atom. The van der Waals surface area contributed by atoms with Gasteiger partial charge in [0.2, 0.25) is 0 Å². The van der Waals surface area contributed by atoms with Gasteiger partial charge in [-0.25, -0.2) is 8.78 Å². The van der Waals surface area contributed by atoms with Crippen molar-refractivity contribution in [2.45, 2.75) is 6.54 Å². The van der Waals surface area contributed by atoms with E-state index in [1.54, 1.807) is 18.2 Å². The normalized spacial score (nSPS) is 10.2. The minimum absolute atomic E-state index is 0.144. The van der Waals surface area contributed by atoms with Gasteiger partial charge in [-0.15, -0.1) is 0 Å². The molecule has 5 heteroatoms. The Morgan fingerprint density at radius 3 is 2.40 bits per heavy atom. The first-order valence-corrected chi connectivity index (χ1v) is 6.04. The zero-order chi connectivity index (χ0) is 14.5. The first kappa shape index (κ1) is 14.1. The van der Waals surface area contributed by atoms with Crippen LogP contribution in [-0.2, 0) is 6.54 Å². The van der Waals surface area contributed by atoms with Crippen LogP contribution in [0.4, 0.5) is 14.5 Å². The lowest BCUT2D eigenvalue weighted by Crippen LogP contribution is -2.02. The van der Waals surface area contributed by atoms with Crippen LogP contribution >= 0.6 is 0 Å². The summed E-state index contributed by atoms with van der Waals surface area (Å²) in [4.78, 5) is 0. The van der Waals surface area contributed by atoms with Gasteiger partial charge < -0.3 is 14.8 Å². The molecule has 2 aromatic carbocycles. The molecule has 0 heterocycles. The van der Waals surface area contributed by atoms with Crippen molar-refractivity contribution in [2.75, 3.05) is 19.5 Å². The van der Waals surface area contributed by atoms with Gasteiger partial charge in [0, 0.05) is 29.9 Å². The van der Waals surface area contributed by atoms with E-state index in [-0.39, 0.29) is 18.1 Å². The lowest BCUT2D eigenvalue weighted by molar-refractivity contribution is 0.387. The summed E-state index contributed by atoms with van der Waals surface area (Å²) in [5.41, 5.74) is 1.15. The number of benzene rings is 2. The van der Waals surface area contributed by atoms with E-state index in [1.807, 2.05) is 0 Å². The lowest BCUT2D eigenvalue weighted by Gasteiger charge is -2.10. The van der Waals surface area contributed by atoms with Crippen LogP contribution in [0.3, 0.4) is 0 Å². The fourth-order valence-corrected chi connectivity index (χ4v) is 1.77. The van der Waals surface area contributed by atoms with Crippen molar-refractivity contribution in [3.05, 3.63) is 53.6 Å². The number of halogens is 2. The third-order valence-corrected chi connectivity index (χ3v) is 2.89. The number of methoxy groups -OCH3 is 2. The Labute approximate surface area is 116 Å². The summed E-state index contributed by atoms with van der Waals surface area (Å²) in [5.74, 6) is -0.181. The van der Waals surface area contributed by atoms with Gasteiger partial charge >= 0.3 is 0 Å². The van der Waals surface area contributed by atoms with Crippen molar-refractivity contribution >= 4 is 5.69 Å². The highest BCUT2D eigenvalue weighted by atomic mass is 19.1. The molecule has 106 valence electrons. The average Bonchev–Trinajstić information content (AvgIpc) is 2.47. The van der Waals surface area contributed by atoms with E-state index in [1.165, 1.54) is 32.4 Å². The fourth-order valence-electron chi connectivity index (χ4n) is 1.77. The van der Waals surface area contributed by atoms with Crippen molar-refractivity contribution in [2.24, 2.45) is 0 Å². The summed E-state index contributed by atoms with van der Waals surface area (Å²) < 4.78 is 36.8. The number of rotatable bonds is 5. The van der Waals surface area contributed by atoms with Crippen LogP contribution in [0.2, 0.25) is 0 Å². The molecule has 0 aliphatic rings. The monoisotopic (exact) mass is 279 g/mol. The van der Waals surface area contributed by atoms with E-state index >= 15 is 0 Å². The molecule has 0 radical (unpaired) electrons. The zero-order valence-electron chi connectivity index (χ0n) is 11.2. The molecule has 0 unspecified atom stereocenters. The number of nitrogens with one attached hydrogen (secondary N) is 1. The third kappa shape index (κ3) is 3.17. The molecule has 0 saturated carbocycles. The lowest BCUT2D eigenvalue weighted by atomic mass is 10.2. The van der Waals surface area contributed by atoms with Crippen molar-refractivity contribution in [1.29, 1.82) is 0 Å². The molecule has 3 nitrogen and oxygen atoms in total. The zero-order valence-corrected chi connectivity index (χ0v) is 11.2. The van der Waals surface area contributed by atoms with Crippen molar-refractivity contribution < 1.29 is 18.3 Å². The fraction of sp³-hybridized carbons (Fsp3) is 0.200. The molecule has 0 atom stereocenters. The summed E-state index contributed by atoms with van der Waals surface area (Å²) in [5, 5.41) is 3.01. The van der Waals surface area contributed by atoms with Crippen molar-refractivity contribution in [3.63, 3.8) is 0 Å². The summed E-state index contributed by atoms with van der Waals surface area (Å²) in [6, 6.07) is 9.04. The maximum atomic E-state index is 13.7. The molecule has 0 aliphatic carbocycles. The van der Waals surface area contributed by atoms with Crippen LogP contribution in [0.5, 0.6) is 11.5 Å². The summed E-state index contributed by atoms with van der Waals surface area (Å²) in [6.07, 6.45) is 0. The van der Waals surface area contributed by atoms with E-state index < -0.39 is 5.82 Å². The quantitative estimate of drug-likeness (QED) is 0.907. The summed E-state index contributed by atoms with van der Waals surface area (Å²) in [6.45, 7) is 0.282. The molecule has 0 aromatic heterocycles. The van der Waals surface area contributed by atoms with Crippen LogP contribution in [0.25, 0.3) is 0 Å². The standard InChI is InChI=1S/C15H15F2NO2/c1-19-12-5-3-10(14(17)8-12)9-18-11-4-6-13(16)15(7-11)20-2/h3-8,18H,9H2,1-2H3. The SMILES string of the molecule is COc1ccc(CNc2ccc(F)c(OC)c2)c(F)c1. The van der Waals surface area contributed by atoms with Gasteiger partial charge in [0.1, 0.15) is 11.6 Å². The second-order valence-corrected chi connectivity index (χ2v) is 4.16. The summed E-state index contributed by atoms with van der Waals surface area (Å²) in [7, 11) is 2.88. The molecular formula is C15H15F2NO2. The van der Waals surface area contributed by atoms with Crippen LogP contribution in [0.15, 0.2) is 36.4 Å². The topological polar surface area (TPSA) is 30.5 Å². The van der Waals surface area contributed by atoms with Crippen LogP contribution < -0.4 is 14.8 Å². The molecule has 20 heavy (non-hydrogen) atoms. The highest BCUT2D eigenvalue weighted by molar-refractivity contribution is 5.49. The smallest absolute Gasteiger partial charge is 0.165 e. The number of ether oxygens (including phenoxy) is 2. The van der Waals surface area contributed by atoms with Gasteiger partial charge in [-0.1, -0.05) is 6.07 Å².